The smallest absolute Gasteiger partial charge is 0.338 e. The summed E-state index contributed by atoms with van der Waals surface area (Å²) in [5, 5.41) is 10.2. The molecular weight excluding hydrogens is 428 g/mol. The van der Waals surface area contributed by atoms with Gasteiger partial charge < -0.3 is 19.1 Å². The Labute approximate surface area is 204 Å². The number of carbonyl (C=O) groups excluding carboxylic acids is 1. The van der Waals surface area contributed by atoms with E-state index in [1.165, 1.54) is 0 Å². The molecular formula is C28H38N2O4. The van der Waals surface area contributed by atoms with Gasteiger partial charge in [0, 0.05) is 6.54 Å². The van der Waals surface area contributed by atoms with Crippen LogP contribution in [-0.2, 0) is 16.6 Å². The molecule has 0 bridgehead atoms. The molecule has 0 fully saturated rings. The maximum atomic E-state index is 12.0. The van der Waals surface area contributed by atoms with Crippen LogP contribution in [0.3, 0.4) is 0 Å². The summed E-state index contributed by atoms with van der Waals surface area (Å²) >= 11 is 0. The molecule has 6 nitrogen and oxygen atoms in total. The second-order valence-electron chi connectivity index (χ2n) is 8.89. The SMILES string of the molecule is CCOC(=O)c1cccc(CCN(C)CCCC(C#N)(c2ccc(OC)c(OC)c2)C(C)C)c1. The van der Waals surface area contributed by atoms with Crippen molar-refractivity contribution < 1.29 is 19.0 Å². The molecule has 1 unspecified atom stereocenters. The Morgan fingerprint density at radius 3 is 2.44 bits per heavy atom. The minimum absolute atomic E-state index is 0.145. The van der Waals surface area contributed by atoms with E-state index in [0.29, 0.717) is 23.7 Å². The van der Waals surface area contributed by atoms with E-state index in [9.17, 15) is 10.1 Å². The highest BCUT2D eigenvalue weighted by Gasteiger charge is 2.36. The lowest BCUT2D eigenvalue weighted by Gasteiger charge is -2.32. The fourth-order valence-electron chi connectivity index (χ4n) is 4.26. The highest BCUT2D eigenvalue weighted by atomic mass is 16.5. The standard InChI is InChI=1S/C28H38N2O4/c1-7-34-27(31)23-11-8-10-22(18-23)14-17-30(4)16-9-15-28(20-29,21(2)3)24-12-13-25(32-5)26(19-24)33-6/h8,10-13,18-19,21H,7,9,14-17H2,1-6H3. The van der Waals surface area contributed by atoms with Gasteiger partial charge in [-0.05, 0) is 81.1 Å². The van der Waals surface area contributed by atoms with E-state index in [2.05, 4.69) is 31.9 Å². The molecule has 184 valence electrons. The summed E-state index contributed by atoms with van der Waals surface area (Å²) in [5.74, 6) is 1.16. The Morgan fingerprint density at radius 1 is 1.09 bits per heavy atom. The lowest BCUT2D eigenvalue weighted by molar-refractivity contribution is 0.0526. The van der Waals surface area contributed by atoms with Crippen molar-refractivity contribution in [1.82, 2.24) is 4.90 Å². The molecule has 0 saturated carbocycles. The highest BCUT2D eigenvalue weighted by Crippen LogP contribution is 2.40. The molecule has 0 spiro atoms. The monoisotopic (exact) mass is 466 g/mol. The quantitative estimate of drug-likeness (QED) is 0.375. The molecule has 0 aromatic heterocycles. The minimum atomic E-state index is -0.603. The van der Waals surface area contributed by atoms with E-state index in [0.717, 1.165) is 43.5 Å². The first-order valence-corrected chi connectivity index (χ1v) is 11.9. The van der Waals surface area contributed by atoms with Crippen LogP contribution in [0.1, 0.15) is 55.1 Å². The first-order chi connectivity index (χ1) is 16.3. The fraction of sp³-hybridized carbons (Fsp3) is 0.500. The highest BCUT2D eigenvalue weighted by molar-refractivity contribution is 5.89. The zero-order valence-corrected chi connectivity index (χ0v) is 21.4. The van der Waals surface area contributed by atoms with Crippen molar-refractivity contribution in [2.45, 2.75) is 45.4 Å². The Kier molecular flexibility index (Phi) is 10.4. The van der Waals surface area contributed by atoms with Crippen LogP contribution in [-0.4, -0.2) is 51.8 Å². The van der Waals surface area contributed by atoms with Crippen LogP contribution >= 0.6 is 0 Å². The van der Waals surface area contributed by atoms with Crippen LogP contribution in [0.25, 0.3) is 0 Å². The number of esters is 1. The number of likely N-dealkylation sites (N-methyl/N-ethyl adjacent to an activating group) is 1. The second-order valence-corrected chi connectivity index (χ2v) is 8.89. The minimum Gasteiger partial charge on any atom is -0.493 e. The van der Waals surface area contributed by atoms with Crippen LogP contribution in [0, 0.1) is 17.2 Å². The zero-order chi connectivity index (χ0) is 25.1. The predicted molar refractivity (Wildman–Crippen MR) is 135 cm³/mol. The number of methoxy groups -OCH3 is 2. The number of hydrogen-bond acceptors (Lipinski definition) is 6. The van der Waals surface area contributed by atoms with Gasteiger partial charge in [0.05, 0.1) is 37.9 Å². The Hall–Kier alpha value is -3.04. The topological polar surface area (TPSA) is 71.8 Å². The lowest BCUT2D eigenvalue weighted by atomic mass is 9.69. The van der Waals surface area contributed by atoms with Gasteiger partial charge in [0.1, 0.15) is 0 Å². The summed E-state index contributed by atoms with van der Waals surface area (Å²) in [7, 11) is 5.32. The Bertz CT molecular complexity index is 983. The van der Waals surface area contributed by atoms with E-state index in [4.69, 9.17) is 14.2 Å². The maximum Gasteiger partial charge on any atom is 0.338 e. The van der Waals surface area contributed by atoms with Crippen molar-refractivity contribution in [2.24, 2.45) is 5.92 Å². The average Bonchev–Trinajstić information content (AvgIpc) is 2.85. The first kappa shape index (κ1) is 27.2. The van der Waals surface area contributed by atoms with Crippen molar-refractivity contribution in [3.8, 4) is 17.6 Å². The average molecular weight is 467 g/mol. The number of nitrogens with zero attached hydrogens (tertiary/aromatic N) is 2. The van der Waals surface area contributed by atoms with Gasteiger partial charge >= 0.3 is 5.97 Å². The molecule has 2 aromatic carbocycles. The third-order valence-corrected chi connectivity index (χ3v) is 6.42. The van der Waals surface area contributed by atoms with Crippen LogP contribution < -0.4 is 9.47 Å². The Morgan fingerprint density at radius 2 is 1.82 bits per heavy atom. The molecule has 2 aromatic rings. The van der Waals surface area contributed by atoms with Crippen molar-refractivity contribution in [2.75, 3.05) is 41.0 Å². The molecule has 0 aliphatic heterocycles. The van der Waals surface area contributed by atoms with Gasteiger partial charge in [-0.2, -0.15) is 5.26 Å². The predicted octanol–water partition coefficient (Wildman–Crippen LogP) is 5.25. The number of rotatable bonds is 13. The van der Waals surface area contributed by atoms with Gasteiger partial charge in [-0.25, -0.2) is 4.79 Å². The molecule has 0 heterocycles. The third kappa shape index (κ3) is 6.74. The molecule has 0 aliphatic carbocycles. The van der Waals surface area contributed by atoms with Crippen molar-refractivity contribution in [3.05, 3.63) is 59.2 Å². The fourth-order valence-corrected chi connectivity index (χ4v) is 4.26. The normalized spacial score (nSPS) is 12.8. The lowest BCUT2D eigenvalue weighted by Crippen LogP contribution is -2.32. The third-order valence-electron chi connectivity index (χ3n) is 6.42. The molecule has 0 aliphatic rings. The van der Waals surface area contributed by atoms with Crippen molar-refractivity contribution in [1.29, 1.82) is 5.26 Å². The summed E-state index contributed by atoms with van der Waals surface area (Å²) in [6, 6.07) is 16.0. The van der Waals surface area contributed by atoms with E-state index >= 15 is 0 Å². The molecule has 2 rings (SSSR count). The number of nitriles is 1. The molecule has 6 heteroatoms. The number of hydrogen-bond donors (Lipinski definition) is 0. The van der Waals surface area contributed by atoms with Crippen LogP contribution in [0.15, 0.2) is 42.5 Å². The molecule has 0 radical (unpaired) electrons. The van der Waals surface area contributed by atoms with E-state index in [-0.39, 0.29) is 11.9 Å². The summed E-state index contributed by atoms with van der Waals surface area (Å²) in [6.45, 7) is 8.11. The zero-order valence-electron chi connectivity index (χ0n) is 21.4. The van der Waals surface area contributed by atoms with E-state index < -0.39 is 5.41 Å². The second kappa shape index (κ2) is 13.0. The number of carbonyl (C=O) groups is 1. The molecule has 0 N–H and O–H groups in total. The van der Waals surface area contributed by atoms with Gasteiger partial charge in [0.15, 0.2) is 11.5 Å². The van der Waals surface area contributed by atoms with Crippen LogP contribution in [0.5, 0.6) is 11.5 Å². The van der Waals surface area contributed by atoms with Crippen LogP contribution in [0.2, 0.25) is 0 Å². The molecule has 34 heavy (non-hydrogen) atoms. The molecule has 0 saturated heterocycles. The Balaban J connectivity index is 2.00. The van der Waals surface area contributed by atoms with Crippen LogP contribution in [0.4, 0.5) is 0 Å². The summed E-state index contributed by atoms with van der Waals surface area (Å²) in [6.07, 6.45) is 2.48. The van der Waals surface area contributed by atoms with E-state index in [1.54, 1.807) is 20.3 Å². The number of benzene rings is 2. The van der Waals surface area contributed by atoms with E-state index in [1.807, 2.05) is 43.3 Å². The van der Waals surface area contributed by atoms with Crippen molar-refractivity contribution >= 4 is 5.97 Å². The molecule has 0 amide bonds. The molecule has 1 atom stereocenters. The summed E-state index contributed by atoms with van der Waals surface area (Å²) in [4.78, 5) is 14.2. The van der Waals surface area contributed by atoms with Crippen molar-refractivity contribution in [3.63, 3.8) is 0 Å². The van der Waals surface area contributed by atoms with Gasteiger partial charge in [0.25, 0.3) is 0 Å². The van der Waals surface area contributed by atoms with Gasteiger partial charge in [-0.15, -0.1) is 0 Å². The van der Waals surface area contributed by atoms with Gasteiger partial charge in [0.2, 0.25) is 0 Å². The van der Waals surface area contributed by atoms with Gasteiger partial charge in [-0.1, -0.05) is 32.0 Å². The summed E-state index contributed by atoms with van der Waals surface area (Å²) < 4.78 is 15.9. The summed E-state index contributed by atoms with van der Waals surface area (Å²) in [5.41, 5.74) is 2.05. The van der Waals surface area contributed by atoms with Gasteiger partial charge in [-0.3, -0.25) is 0 Å². The number of ether oxygens (including phenoxy) is 3. The maximum absolute atomic E-state index is 12.0. The largest absolute Gasteiger partial charge is 0.493 e. The first-order valence-electron chi connectivity index (χ1n) is 11.9.